The second-order valence-electron chi connectivity index (χ2n) is 6.79. The van der Waals surface area contributed by atoms with Gasteiger partial charge in [-0.15, -0.1) is 5.10 Å². The molecule has 1 saturated heterocycles. The molecule has 1 aliphatic rings. The number of hydrogen-bond acceptors (Lipinski definition) is 5. The molecule has 2 heterocycles. The minimum Gasteiger partial charge on any atom is -0.376 e. The predicted molar refractivity (Wildman–Crippen MR) is 91.9 cm³/mol. The smallest absolute Gasteiger partial charge is 0.241 e. The van der Waals surface area contributed by atoms with Gasteiger partial charge < -0.3 is 10.2 Å². The van der Waals surface area contributed by atoms with Gasteiger partial charge in [0.25, 0.3) is 0 Å². The molecule has 2 unspecified atom stereocenters. The Balaban J connectivity index is 1.62. The third kappa shape index (κ3) is 3.72. The molecule has 24 heavy (non-hydrogen) atoms. The summed E-state index contributed by atoms with van der Waals surface area (Å²) >= 11 is 0. The fraction of sp³-hybridized carbons (Fsp3) is 0.529. The molecule has 7 heteroatoms. The Hall–Kier alpha value is -2.44. The summed E-state index contributed by atoms with van der Waals surface area (Å²) < 4.78 is 1.67. The van der Waals surface area contributed by atoms with E-state index in [1.807, 2.05) is 36.1 Å². The van der Waals surface area contributed by atoms with Crippen molar-refractivity contribution in [1.29, 1.82) is 0 Å². The average molecular weight is 328 g/mol. The summed E-state index contributed by atoms with van der Waals surface area (Å²) in [5.74, 6) is 2.02. The van der Waals surface area contributed by atoms with Gasteiger partial charge in [0.1, 0.15) is 0 Å². The molecule has 2 atom stereocenters. The SMILES string of the molecule is Cc1nnnn1-c1cccc(NCC(=O)N2CC(C)CC(C)C2)c1. The first kappa shape index (κ1) is 16.4. The molecule has 1 aromatic heterocycles. The fourth-order valence-electron chi connectivity index (χ4n) is 3.37. The monoisotopic (exact) mass is 328 g/mol. The summed E-state index contributed by atoms with van der Waals surface area (Å²) in [7, 11) is 0. The van der Waals surface area contributed by atoms with E-state index in [1.54, 1.807) is 4.68 Å². The molecule has 0 radical (unpaired) electrons. The number of nitrogens with zero attached hydrogens (tertiary/aromatic N) is 5. The van der Waals surface area contributed by atoms with Gasteiger partial charge in [-0.05, 0) is 53.8 Å². The van der Waals surface area contributed by atoms with Crippen LogP contribution in [0.2, 0.25) is 0 Å². The molecule has 0 bridgehead atoms. The lowest BCUT2D eigenvalue weighted by Crippen LogP contribution is -2.44. The lowest BCUT2D eigenvalue weighted by atomic mass is 9.92. The summed E-state index contributed by atoms with van der Waals surface area (Å²) in [5.41, 5.74) is 1.75. The number of piperidine rings is 1. The van der Waals surface area contributed by atoms with E-state index >= 15 is 0 Å². The normalized spacial score (nSPS) is 20.9. The fourth-order valence-corrected chi connectivity index (χ4v) is 3.37. The number of anilines is 1. The highest BCUT2D eigenvalue weighted by atomic mass is 16.2. The van der Waals surface area contributed by atoms with Crippen LogP contribution in [0, 0.1) is 18.8 Å². The first-order valence-electron chi connectivity index (χ1n) is 8.40. The highest BCUT2D eigenvalue weighted by Crippen LogP contribution is 2.21. The Morgan fingerprint density at radius 3 is 2.71 bits per heavy atom. The van der Waals surface area contributed by atoms with Gasteiger partial charge in [-0.25, -0.2) is 0 Å². The molecule has 0 spiro atoms. The lowest BCUT2D eigenvalue weighted by molar-refractivity contribution is -0.131. The van der Waals surface area contributed by atoms with Crippen molar-refractivity contribution in [3.8, 4) is 5.69 Å². The van der Waals surface area contributed by atoms with Crippen LogP contribution in [0.4, 0.5) is 5.69 Å². The van der Waals surface area contributed by atoms with Crippen molar-refractivity contribution in [3.05, 3.63) is 30.1 Å². The number of tetrazole rings is 1. The third-order valence-electron chi connectivity index (χ3n) is 4.38. The molecule has 1 aromatic carbocycles. The van der Waals surface area contributed by atoms with E-state index in [2.05, 4.69) is 34.7 Å². The second-order valence-corrected chi connectivity index (χ2v) is 6.79. The molecule has 7 nitrogen and oxygen atoms in total. The van der Waals surface area contributed by atoms with Crippen molar-refractivity contribution < 1.29 is 4.79 Å². The van der Waals surface area contributed by atoms with E-state index in [0.717, 1.165) is 30.3 Å². The first-order chi connectivity index (χ1) is 11.5. The maximum absolute atomic E-state index is 12.5. The number of carbonyl (C=O) groups excluding carboxylic acids is 1. The number of carbonyl (C=O) groups is 1. The van der Waals surface area contributed by atoms with Crippen LogP contribution in [0.5, 0.6) is 0 Å². The highest BCUT2D eigenvalue weighted by molar-refractivity contribution is 5.81. The Kier molecular flexibility index (Phi) is 4.78. The standard InChI is InChI=1S/C17H24N6O/c1-12-7-13(2)11-22(10-12)17(24)9-18-15-5-4-6-16(8-15)23-14(3)19-20-21-23/h4-6,8,12-13,18H,7,9-11H2,1-3H3. The second kappa shape index (κ2) is 6.98. The van der Waals surface area contributed by atoms with Crippen LogP contribution in [0.25, 0.3) is 5.69 Å². The molecule has 1 aliphatic heterocycles. The lowest BCUT2D eigenvalue weighted by Gasteiger charge is -2.35. The van der Waals surface area contributed by atoms with Gasteiger partial charge in [-0.1, -0.05) is 19.9 Å². The van der Waals surface area contributed by atoms with E-state index in [9.17, 15) is 4.79 Å². The number of nitrogens with one attached hydrogen (secondary N) is 1. The molecule has 2 aromatic rings. The van der Waals surface area contributed by atoms with Crippen LogP contribution in [0.3, 0.4) is 0 Å². The average Bonchev–Trinajstić information content (AvgIpc) is 2.98. The van der Waals surface area contributed by atoms with Gasteiger partial charge in [0.05, 0.1) is 12.2 Å². The van der Waals surface area contributed by atoms with E-state index in [4.69, 9.17) is 0 Å². The Labute approximate surface area is 142 Å². The summed E-state index contributed by atoms with van der Waals surface area (Å²) in [6, 6.07) is 7.74. The molecule has 1 N–H and O–H groups in total. The first-order valence-corrected chi connectivity index (χ1v) is 8.40. The summed E-state index contributed by atoms with van der Waals surface area (Å²) in [4.78, 5) is 14.4. The molecule has 1 amide bonds. The summed E-state index contributed by atoms with van der Waals surface area (Å²) in [6.45, 7) is 8.28. The van der Waals surface area contributed by atoms with Crippen LogP contribution in [0.1, 0.15) is 26.1 Å². The minimum atomic E-state index is 0.150. The number of aromatic nitrogens is 4. The molecule has 128 valence electrons. The zero-order valence-corrected chi connectivity index (χ0v) is 14.4. The number of benzene rings is 1. The minimum absolute atomic E-state index is 0.150. The molecule has 3 rings (SSSR count). The van der Waals surface area contributed by atoms with Crippen molar-refractivity contribution in [2.24, 2.45) is 11.8 Å². The van der Waals surface area contributed by atoms with E-state index in [1.165, 1.54) is 6.42 Å². The Morgan fingerprint density at radius 1 is 1.29 bits per heavy atom. The van der Waals surface area contributed by atoms with Gasteiger partial charge >= 0.3 is 0 Å². The molecule has 0 aliphatic carbocycles. The van der Waals surface area contributed by atoms with Crippen LogP contribution < -0.4 is 5.32 Å². The summed E-state index contributed by atoms with van der Waals surface area (Å²) in [5, 5.41) is 14.7. The number of likely N-dealkylation sites (tertiary alicyclic amines) is 1. The zero-order chi connectivity index (χ0) is 17.1. The topological polar surface area (TPSA) is 75.9 Å². The zero-order valence-electron chi connectivity index (χ0n) is 14.4. The highest BCUT2D eigenvalue weighted by Gasteiger charge is 2.24. The third-order valence-corrected chi connectivity index (χ3v) is 4.38. The van der Waals surface area contributed by atoms with Crippen molar-refractivity contribution >= 4 is 11.6 Å². The van der Waals surface area contributed by atoms with Crippen LogP contribution in [-0.4, -0.2) is 50.6 Å². The number of amides is 1. The van der Waals surface area contributed by atoms with E-state index < -0.39 is 0 Å². The number of rotatable bonds is 4. The molecule has 0 saturated carbocycles. The van der Waals surface area contributed by atoms with Crippen LogP contribution >= 0.6 is 0 Å². The predicted octanol–water partition coefficient (Wildman–Crippen LogP) is 1.89. The van der Waals surface area contributed by atoms with Crippen molar-refractivity contribution in [2.75, 3.05) is 25.0 Å². The van der Waals surface area contributed by atoms with Crippen molar-refractivity contribution in [1.82, 2.24) is 25.1 Å². The molecular weight excluding hydrogens is 304 g/mol. The van der Waals surface area contributed by atoms with E-state index in [0.29, 0.717) is 18.4 Å². The maximum atomic E-state index is 12.5. The van der Waals surface area contributed by atoms with Gasteiger partial charge in [-0.3, -0.25) is 4.79 Å². The van der Waals surface area contributed by atoms with Gasteiger partial charge in [0.15, 0.2) is 5.82 Å². The summed E-state index contributed by atoms with van der Waals surface area (Å²) in [6.07, 6.45) is 1.20. The Bertz CT molecular complexity index is 703. The number of aryl methyl sites for hydroxylation is 1. The number of hydrogen-bond donors (Lipinski definition) is 1. The maximum Gasteiger partial charge on any atom is 0.241 e. The van der Waals surface area contributed by atoms with Gasteiger partial charge in [0.2, 0.25) is 5.91 Å². The molecular formula is C17H24N6O. The van der Waals surface area contributed by atoms with Crippen LogP contribution in [0.15, 0.2) is 24.3 Å². The van der Waals surface area contributed by atoms with Crippen molar-refractivity contribution in [2.45, 2.75) is 27.2 Å². The van der Waals surface area contributed by atoms with Crippen molar-refractivity contribution in [3.63, 3.8) is 0 Å². The quantitative estimate of drug-likeness (QED) is 0.927. The Morgan fingerprint density at radius 2 is 2.04 bits per heavy atom. The molecule has 1 fully saturated rings. The van der Waals surface area contributed by atoms with Gasteiger partial charge in [0, 0.05) is 18.8 Å². The van der Waals surface area contributed by atoms with Gasteiger partial charge in [-0.2, -0.15) is 4.68 Å². The largest absolute Gasteiger partial charge is 0.376 e. The van der Waals surface area contributed by atoms with Crippen LogP contribution in [-0.2, 0) is 4.79 Å². The van der Waals surface area contributed by atoms with E-state index in [-0.39, 0.29) is 5.91 Å².